The second-order valence-electron chi connectivity index (χ2n) is 5.05. The molecule has 1 fully saturated rings. The molecule has 15 heavy (non-hydrogen) atoms. The average Bonchev–Trinajstić information content (AvgIpc) is 2.56. The summed E-state index contributed by atoms with van der Waals surface area (Å²) in [5.41, 5.74) is 0.585. The lowest BCUT2D eigenvalue weighted by atomic mass is 9.70. The smallest absolute Gasteiger partial charge is 0.109 e. The van der Waals surface area contributed by atoms with Crippen LogP contribution >= 0.6 is 0 Å². The fourth-order valence-corrected chi connectivity index (χ4v) is 2.18. The largest absolute Gasteiger partial charge is 0.338 e. The van der Waals surface area contributed by atoms with Crippen LogP contribution in [0.2, 0.25) is 0 Å². The summed E-state index contributed by atoms with van der Waals surface area (Å²) in [6, 6.07) is 0. The molecule has 84 valence electrons. The SMILES string of the molecule is Cn1ccnc1CCNCC1(C)CCC1. The number of imidazole rings is 1. The normalized spacial score (nSPS) is 18.8. The van der Waals surface area contributed by atoms with Gasteiger partial charge >= 0.3 is 0 Å². The Kier molecular flexibility index (Phi) is 3.10. The molecule has 2 rings (SSSR count). The van der Waals surface area contributed by atoms with Gasteiger partial charge in [0.1, 0.15) is 5.82 Å². The lowest BCUT2D eigenvalue weighted by molar-refractivity contribution is 0.157. The zero-order valence-electron chi connectivity index (χ0n) is 9.79. The molecule has 0 aromatic carbocycles. The molecule has 0 aliphatic heterocycles. The summed E-state index contributed by atoms with van der Waals surface area (Å²) in [4.78, 5) is 4.31. The van der Waals surface area contributed by atoms with Crippen LogP contribution in [-0.2, 0) is 13.5 Å². The Labute approximate surface area is 91.9 Å². The van der Waals surface area contributed by atoms with Crippen LogP contribution in [0.5, 0.6) is 0 Å². The van der Waals surface area contributed by atoms with E-state index in [2.05, 4.69) is 28.8 Å². The number of nitrogens with zero attached hydrogens (tertiary/aromatic N) is 2. The van der Waals surface area contributed by atoms with Crippen LogP contribution in [0.4, 0.5) is 0 Å². The molecule has 0 amide bonds. The summed E-state index contributed by atoms with van der Waals surface area (Å²) >= 11 is 0. The van der Waals surface area contributed by atoms with Gasteiger partial charge in [0.05, 0.1) is 0 Å². The Bertz CT molecular complexity index is 312. The van der Waals surface area contributed by atoms with Gasteiger partial charge in [-0.15, -0.1) is 0 Å². The quantitative estimate of drug-likeness (QED) is 0.745. The third-order valence-corrected chi connectivity index (χ3v) is 3.56. The van der Waals surface area contributed by atoms with Crippen molar-refractivity contribution in [1.29, 1.82) is 0 Å². The van der Waals surface area contributed by atoms with E-state index < -0.39 is 0 Å². The third-order valence-electron chi connectivity index (χ3n) is 3.56. The molecule has 0 radical (unpaired) electrons. The average molecular weight is 207 g/mol. The molecule has 1 heterocycles. The van der Waals surface area contributed by atoms with Crippen LogP contribution in [0, 0.1) is 5.41 Å². The summed E-state index contributed by atoms with van der Waals surface area (Å²) in [6.45, 7) is 4.59. The zero-order chi connectivity index (χ0) is 10.7. The van der Waals surface area contributed by atoms with Crippen molar-refractivity contribution in [2.75, 3.05) is 13.1 Å². The van der Waals surface area contributed by atoms with Gasteiger partial charge in [-0.2, -0.15) is 0 Å². The van der Waals surface area contributed by atoms with E-state index in [-0.39, 0.29) is 0 Å². The van der Waals surface area contributed by atoms with Gasteiger partial charge in [0.15, 0.2) is 0 Å². The Morgan fingerprint density at radius 3 is 2.87 bits per heavy atom. The molecule has 0 bridgehead atoms. The van der Waals surface area contributed by atoms with Crippen molar-refractivity contribution in [3.8, 4) is 0 Å². The maximum atomic E-state index is 4.31. The number of aryl methyl sites for hydroxylation is 1. The first-order valence-electron chi connectivity index (χ1n) is 5.87. The first-order chi connectivity index (χ1) is 7.20. The van der Waals surface area contributed by atoms with E-state index in [1.54, 1.807) is 0 Å². The van der Waals surface area contributed by atoms with Crippen molar-refractivity contribution < 1.29 is 0 Å². The van der Waals surface area contributed by atoms with E-state index in [4.69, 9.17) is 0 Å². The summed E-state index contributed by atoms with van der Waals surface area (Å²) in [5, 5.41) is 3.54. The van der Waals surface area contributed by atoms with Gasteiger partial charge in [-0.1, -0.05) is 13.3 Å². The fraction of sp³-hybridized carbons (Fsp3) is 0.750. The highest BCUT2D eigenvalue weighted by molar-refractivity contribution is 4.92. The van der Waals surface area contributed by atoms with Crippen LogP contribution in [0.25, 0.3) is 0 Å². The highest BCUT2D eigenvalue weighted by Crippen LogP contribution is 2.39. The Balaban J connectivity index is 1.65. The molecule has 0 unspecified atom stereocenters. The lowest BCUT2D eigenvalue weighted by Gasteiger charge is -2.38. The van der Waals surface area contributed by atoms with Crippen molar-refractivity contribution in [3.63, 3.8) is 0 Å². The Morgan fingerprint density at radius 1 is 1.53 bits per heavy atom. The first kappa shape index (κ1) is 10.7. The number of hydrogen-bond donors (Lipinski definition) is 1. The van der Waals surface area contributed by atoms with E-state index >= 15 is 0 Å². The minimum absolute atomic E-state index is 0.585. The summed E-state index contributed by atoms with van der Waals surface area (Å²) in [6.07, 6.45) is 9.09. The van der Waals surface area contributed by atoms with Gasteiger partial charge in [-0.25, -0.2) is 4.98 Å². The molecule has 1 aliphatic carbocycles. The van der Waals surface area contributed by atoms with Gasteiger partial charge in [0.2, 0.25) is 0 Å². The monoisotopic (exact) mass is 207 g/mol. The van der Waals surface area contributed by atoms with Crippen LogP contribution in [0.1, 0.15) is 32.0 Å². The highest BCUT2D eigenvalue weighted by atomic mass is 15.0. The third kappa shape index (κ3) is 2.59. The van der Waals surface area contributed by atoms with Crippen LogP contribution in [0.15, 0.2) is 12.4 Å². The van der Waals surface area contributed by atoms with Gasteiger partial charge < -0.3 is 9.88 Å². The molecular formula is C12H21N3. The molecule has 1 aromatic rings. The molecular weight excluding hydrogens is 186 g/mol. The fourth-order valence-electron chi connectivity index (χ4n) is 2.18. The van der Waals surface area contributed by atoms with Gasteiger partial charge in [0, 0.05) is 39.0 Å². The number of hydrogen-bond acceptors (Lipinski definition) is 2. The van der Waals surface area contributed by atoms with Crippen molar-refractivity contribution in [3.05, 3.63) is 18.2 Å². The summed E-state index contributed by atoms with van der Waals surface area (Å²) < 4.78 is 2.09. The maximum Gasteiger partial charge on any atom is 0.109 e. The predicted octanol–water partition coefficient (Wildman–Crippen LogP) is 1.74. The molecule has 1 aliphatic rings. The maximum absolute atomic E-state index is 4.31. The topological polar surface area (TPSA) is 29.9 Å². The molecule has 3 nitrogen and oxygen atoms in total. The van der Waals surface area contributed by atoms with Crippen LogP contribution in [0.3, 0.4) is 0 Å². The van der Waals surface area contributed by atoms with Crippen molar-refractivity contribution in [1.82, 2.24) is 14.9 Å². The van der Waals surface area contributed by atoms with Crippen LogP contribution in [-0.4, -0.2) is 22.6 Å². The molecule has 0 saturated heterocycles. The van der Waals surface area contributed by atoms with Crippen molar-refractivity contribution >= 4 is 0 Å². The zero-order valence-corrected chi connectivity index (χ0v) is 9.79. The molecule has 3 heteroatoms. The van der Waals surface area contributed by atoms with Gasteiger partial charge in [-0.05, 0) is 18.3 Å². The summed E-state index contributed by atoms with van der Waals surface area (Å²) in [5.74, 6) is 1.17. The molecule has 1 aromatic heterocycles. The Morgan fingerprint density at radius 2 is 2.33 bits per heavy atom. The van der Waals surface area contributed by atoms with E-state index in [1.807, 2.05) is 12.4 Å². The highest BCUT2D eigenvalue weighted by Gasteiger charge is 2.30. The molecule has 0 spiro atoms. The number of aromatic nitrogens is 2. The Hall–Kier alpha value is -0.830. The van der Waals surface area contributed by atoms with E-state index in [0.29, 0.717) is 5.41 Å². The molecule has 0 atom stereocenters. The minimum atomic E-state index is 0.585. The van der Waals surface area contributed by atoms with Gasteiger partial charge in [0.25, 0.3) is 0 Å². The van der Waals surface area contributed by atoms with E-state index in [9.17, 15) is 0 Å². The first-order valence-corrected chi connectivity index (χ1v) is 5.87. The van der Waals surface area contributed by atoms with E-state index in [1.165, 1.54) is 25.1 Å². The number of rotatable bonds is 5. The molecule has 1 saturated carbocycles. The van der Waals surface area contributed by atoms with Crippen molar-refractivity contribution in [2.24, 2.45) is 12.5 Å². The van der Waals surface area contributed by atoms with E-state index in [0.717, 1.165) is 19.5 Å². The predicted molar refractivity (Wildman–Crippen MR) is 61.7 cm³/mol. The number of nitrogens with one attached hydrogen (secondary N) is 1. The van der Waals surface area contributed by atoms with Crippen molar-refractivity contribution in [2.45, 2.75) is 32.6 Å². The van der Waals surface area contributed by atoms with Crippen LogP contribution < -0.4 is 5.32 Å². The standard InChI is InChI=1S/C12H21N3/c1-12(5-3-6-12)10-13-7-4-11-14-8-9-15(11)2/h8-9,13H,3-7,10H2,1-2H3. The minimum Gasteiger partial charge on any atom is -0.338 e. The molecule has 1 N–H and O–H groups in total. The lowest BCUT2D eigenvalue weighted by Crippen LogP contribution is -2.38. The second kappa shape index (κ2) is 4.35. The summed E-state index contributed by atoms with van der Waals surface area (Å²) in [7, 11) is 2.05. The van der Waals surface area contributed by atoms with Gasteiger partial charge in [-0.3, -0.25) is 0 Å². The second-order valence-corrected chi connectivity index (χ2v) is 5.05.